The molecule has 0 aliphatic heterocycles. The van der Waals surface area contributed by atoms with Crippen LogP contribution in [0.5, 0.6) is 5.75 Å². The number of rotatable bonds is 9. The van der Waals surface area contributed by atoms with Crippen LogP contribution in [0, 0.1) is 6.92 Å². The van der Waals surface area contributed by atoms with Crippen molar-refractivity contribution in [3.05, 3.63) is 71.2 Å². The monoisotopic (exact) mass is 466 g/mol. The van der Waals surface area contributed by atoms with E-state index in [4.69, 9.17) is 9.26 Å². The highest BCUT2D eigenvalue weighted by molar-refractivity contribution is 7.98. The van der Waals surface area contributed by atoms with Gasteiger partial charge in [0.25, 0.3) is 5.91 Å². The third-order valence-corrected chi connectivity index (χ3v) is 6.23. The first-order valence-corrected chi connectivity index (χ1v) is 12.0. The molecule has 0 saturated carbocycles. The SMILES string of the molecule is CCCOc1ccc(-c2csc(NC(=O)c3ccccc3SCc3noc(C)n3)n2)cc1. The molecule has 0 fully saturated rings. The van der Waals surface area contributed by atoms with E-state index in [1.165, 1.54) is 23.1 Å². The Morgan fingerprint density at radius 1 is 1.16 bits per heavy atom. The van der Waals surface area contributed by atoms with Crippen LogP contribution in [0.4, 0.5) is 5.13 Å². The Labute approximate surface area is 194 Å². The molecule has 0 radical (unpaired) electrons. The van der Waals surface area contributed by atoms with Crippen molar-refractivity contribution in [2.45, 2.75) is 30.9 Å². The normalized spacial score (nSPS) is 10.8. The maximum Gasteiger partial charge on any atom is 0.258 e. The summed E-state index contributed by atoms with van der Waals surface area (Å²) in [5.41, 5.74) is 2.35. The Bertz CT molecular complexity index is 1190. The average molecular weight is 467 g/mol. The van der Waals surface area contributed by atoms with Crippen molar-refractivity contribution in [3.8, 4) is 17.0 Å². The van der Waals surface area contributed by atoms with Crippen LogP contribution in [0.3, 0.4) is 0 Å². The fourth-order valence-electron chi connectivity index (χ4n) is 2.89. The summed E-state index contributed by atoms with van der Waals surface area (Å²) in [6, 6.07) is 15.2. The van der Waals surface area contributed by atoms with Gasteiger partial charge in [-0.15, -0.1) is 23.1 Å². The third kappa shape index (κ3) is 5.54. The number of nitrogens with one attached hydrogen (secondary N) is 1. The van der Waals surface area contributed by atoms with Gasteiger partial charge < -0.3 is 9.26 Å². The van der Waals surface area contributed by atoms with E-state index in [2.05, 4.69) is 27.4 Å². The van der Waals surface area contributed by atoms with E-state index in [0.29, 0.717) is 34.8 Å². The number of thioether (sulfide) groups is 1. The number of carbonyl (C=O) groups is 1. The number of amides is 1. The highest BCUT2D eigenvalue weighted by Gasteiger charge is 2.15. The molecule has 32 heavy (non-hydrogen) atoms. The highest BCUT2D eigenvalue weighted by Crippen LogP contribution is 2.29. The minimum Gasteiger partial charge on any atom is -0.494 e. The number of anilines is 1. The highest BCUT2D eigenvalue weighted by atomic mass is 32.2. The fraction of sp³-hybridized carbons (Fsp3) is 0.217. The molecule has 2 aromatic heterocycles. The lowest BCUT2D eigenvalue weighted by atomic mass is 10.2. The largest absolute Gasteiger partial charge is 0.494 e. The van der Waals surface area contributed by atoms with Crippen LogP contribution in [-0.4, -0.2) is 27.6 Å². The van der Waals surface area contributed by atoms with Gasteiger partial charge in [0.05, 0.1) is 23.6 Å². The van der Waals surface area contributed by atoms with Crippen molar-refractivity contribution in [2.24, 2.45) is 0 Å². The molecule has 0 aliphatic rings. The van der Waals surface area contributed by atoms with E-state index in [9.17, 15) is 4.79 Å². The van der Waals surface area contributed by atoms with Gasteiger partial charge >= 0.3 is 0 Å². The van der Waals surface area contributed by atoms with Crippen LogP contribution in [0.15, 0.2) is 63.3 Å². The van der Waals surface area contributed by atoms with E-state index >= 15 is 0 Å². The standard InChI is InChI=1S/C23H22N4O3S2/c1-3-12-29-17-10-8-16(9-11-17)19-13-32-23(25-19)26-22(28)18-6-4-5-7-20(18)31-14-21-24-15(2)30-27-21/h4-11,13H,3,12,14H2,1-2H3,(H,25,26,28). The zero-order chi connectivity index (χ0) is 22.3. The fourth-order valence-corrected chi connectivity index (χ4v) is 4.50. The summed E-state index contributed by atoms with van der Waals surface area (Å²) < 4.78 is 10.6. The Morgan fingerprint density at radius 3 is 2.72 bits per heavy atom. The Morgan fingerprint density at radius 2 is 1.97 bits per heavy atom. The summed E-state index contributed by atoms with van der Waals surface area (Å²) in [4.78, 5) is 22.5. The first kappa shape index (κ1) is 22.0. The molecule has 2 aromatic carbocycles. The second kappa shape index (κ2) is 10.4. The predicted octanol–water partition coefficient (Wildman–Crippen LogP) is 5.83. The van der Waals surface area contributed by atoms with Crippen molar-refractivity contribution in [1.82, 2.24) is 15.1 Å². The van der Waals surface area contributed by atoms with Gasteiger partial charge in [-0.2, -0.15) is 4.98 Å². The second-order valence-electron chi connectivity index (χ2n) is 6.88. The molecular formula is C23H22N4O3S2. The number of ether oxygens (including phenoxy) is 1. The zero-order valence-corrected chi connectivity index (χ0v) is 19.3. The molecule has 1 N–H and O–H groups in total. The smallest absolute Gasteiger partial charge is 0.258 e. The van der Waals surface area contributed by atoms with Gasteiger partial charge in [-0.1, -0.05) is 24.2 Å². The number of aromatic nitrogens is 3. The molecule has 0 saturated heterocycles. The van der Waals surface area contributed by atoms with Crippen LogP contribution >= 0.6 is 23.1 Å². The first-order chi connectivity index (χ1) is 15.6. The zero-order valence-electron chi connectivity index (χ0n) is 17.7. The Kier molecular flexibility index (Phi) is 7.18. The van der Waals surface area contributed by atoms with Crippen LogP contribution in [0.1, 0.15) is 35.4 Å². The van der Waals surface area contributed by atoms with Crippen LogP contribution < -0.4 is 10.1 Å². The van der Waals surface area contributed by atoms with Crippen molar-refractivity contribution in [2.75, 3.05) is 11.9 Å². The first-order valence-electron chi connectivity index (χ1n) is 10.1. The van der Waals surface area contributed by atoms with Gasteiger partial charge in [0.1, 0.15) is 5.75 Å². The quantitative estimate of drug-likeness (QED) is 0.310. The Hall–Kier alpha value is -3.17. The minimum atomic E-state index is -0.207. The molecule has 7 nitrogen and oxygen atoms in total. The van der Waals surface area contributed by atoms with Gasteiger partial charge in [0.15, 0.2) is 11.0 Å². The lowest BCUT2D eigenvalue weighted by Crippen LogP contribution is -2.12. The molecule has 164 valence electrons. The lowest BCUT2D eigenvalue weighted by molar-refractivity contribution is 0.102. The number of thiazole rings is 1. The van der Waals surface area contributed by atoms with Crippen molar-refractivity contribution in [3.63, 3.8) is 0 Å². The van der Waals surface area contributed by atoms with E-state index in [-0.39, 0.29) is 5.91 Å². The molecular weight excluding hydrogens is 444 g/mol. The summed E-state index contributed by atoms with van der Waals surface area (Å²) in [6.45, 7) is 4.52. The van der Waals surface area contributed by atoms with E-state index in [1.807, 2.05) is 47.8 Å². The molecule has 0 unspecified atom stereocenters. The van der Waals surface area contributed by atoms with E-state index in [0.717, 1.165) is 28.3 Å². The van der Waals surface area contributed by atoms with Crippen LogP contribution in [0.2, 0.25) is 0 Å². The third-order valence-electron chi connectivity index (χ3n) is 4.41. The number of aryl methyl sites for hydroxylation is 1. The lowest BCUT2D eigenvalue weighted by Gasteiger charge is -2.07. The molecule has 0 bridgehead atoms. The van der Waals surface area contributed by atoms with Crippen LogP contribution in [0.25, 0.3) is 11.3 Å². The summed E-state index contributed by atoms with van der Waals surface area (Å²) in [7, 11) is 0. The number of nitrogens with zero attached hydrogens (tertiary/aromatic N) is 3. The number of hydrogen-bond acceptors (Lipinski definition) is 8. The number of benzene rings is 2. The average Bonchev–Trinajstić information content (AvgIpc) is 3.45. The van der Waals surface area contributed by atoms with Gasteiger partial charge in [0, 0.05) is 22.8 Å². The molecule has 0 atom stereocenters. The summed E-state index contributed by atoms with van der Waals surface area (Å²) in [5.74, 6) is 2.26. The van der Waals surface area contributed by atoms with E-state index < -0.39 is 0 Å². The van der Waals surface area contributed by atoms with Crippen molar-refractivity contribution >= 4 is 34.1 Å². The predicted molar refractivity (Wildman–Crippen MR) is 126 cm³/mol. The molecule has 4 aromatic rings. The number of carbonyl (C=O) groups excluding carboxylic acids is 1. The minimum absolute atomic E-state index is 0.207. The molecule has 0 spiro atoms. The van der Waals surface area contributed by atoms with Crippen LogP contribution in [-0.2, 0) is 5.75 Å². The van der Waals surface area contributed by atoms with Gasteiger partial charge in [-0.3, -0.25) is 10.1 Å². The Balaban J connectivity index is 1.42. The molecule has 9 heteroatoms. The van der Waals surface area contributed by atoms with Gasteiger partial charge in [-0.05, 0) is 42.8 Å². The summed E-state index contributed by atoms with van der Waals surface area (Å²) >= 11 is 2.88. The molecule has 2 heterocycles. The maximum absolute atomic E-state index is 12.9. The summed E-state index contributed by atoms with van der Waals surface area (Å²) in [5, 5.41) is 9.29. The second-order valence-corrected chi connectivity index (χ2v) is 8.75. The van der Waals surface area contributed by atoms with Crippen molar-refractivity contribution in [1.29, 1.82) is 0 Å². The molecule has 0 aliphatic carbocycles. The summed E-state index contributed by atoms with van der Waals surface area (Å²) in [6.07, 6.45) is 0.968. The molecule has 4 rings (SSSR count). The van der Waals surface area contributed by atoms with Gasteiger partial charge in [0.2, 0.25) is 5.89 Å². The van der Waals surface area contributed by atoms with Gasteiger partial charge in [-0.25, -0.2) is 4.98 Å². The number of hydrogen-bond donors (Lipinski definition) is 1. The molecule has 1 amide bonds. The topological polar surface area (TPSA) is 90.1 Å². The maximum atomic E-state index is 12.9. The van der Waals surface area contributed by atoms with E-state index in [1.54, 1.807) is 13.0 Å². The van der Waals surface area contributed by atoms with Crippen molar-refractivity contribution < 1.29 is 14.1 Å².